The van der Waals surface area contributed by atoms with Crippen LogP contribution in [0.25, 0.3) is 0 Å². The minimum Gasteiger partial charge on any atom is -0.369 e. The molecular weight excluding hydrogens is 265 g/mol. The lowest BCUT2D eigenvalue weighted by Crippen LogP contribution is -2.13. The Hall–Kier alpha value is -2.18. The van der Waals surface area contributed by atoms with Crippen LogP contribution in [0.2, 0.25) is 0 Å². The Bertz CT molecular complexity index is 690. The van der Waals surface area contributed by atoms with Crippen LogP contribution in [-0.4, -0.2) is 0 Å². The molecule has 2 nitrogen and oxygen atoms in total. The maximum Gasteiger partial charge on any atom is 0.128 e. The number of rotatable bonds is 3. The van der Waals surface area contributed by atoms with Crippen molar-refractivity contribution in [1.29, 1.82) is 5.26 Å². The van der Waals surface area contributed by atoms with E-state index in [1.807, 2.05) is 18.2 Å². The molecule has 1 atom stereocenters. The lowest BCUT2D eigenvalue weighted by atomic mass is 9.89. The molecular formula is C18H16FNO. The molecule has 0 radical (unpaired) electrons. The van der Waals surface area contributed by atoms with Crippen LogP contribution in [0.4, 0.5) is 4.39 Å². The van der Waals surface area contributed by atoms with Gasteiger partial charge in [-0.2, -0.15) is 5.26 Å². The van der Waals surface area contributed by atoms with Gasteiger partial charge in [-0.25, -0.2) is 4.39 Å². The van der Waals surface area contributed by atoms with Gasteiger partial charge >= 0.3 is 0 Å². The third kappa shape index (κ3) is 2.96. The number of benzene rings is 2. The second-order valence-electron chi connectivity index (χ2n) is 5.31. The van der Waals surface area contributed by atoms with Crippen molar-refractivity contribution in [3.8, 4) is 6.07 Å². The maximum atomic E-state index is 13.8. The van der Waals surface area contributed by atoms with E-state index in [1.54, 1.807) is 6.07 Å². The molecule has 2 aromatic rings. The normalized spacial score (nSPS) is 17.0. The summed E-state index contributed by atoms with van der Waals surface area (Å²) < 4.78 is 19.7. The Labute approximate surface area is 123 Å². The van der Waals surface area contributed by atoms with E-state index in [0.717, 1.165) is 19.3 Å². The average molecular weight is 281 g/mol. The monoisotopic (exact) mass is 281 g/mol. The number of aryl methyl sites for hydroxylation is 1. The first-order chi connectivity index (χ1) is 10.3. The van der Waals surface area contributed by atoms with Gasteiger partial charge in [0.15, 0.2) is 0 Å². The van der Waals surface area contributed by atoms with E-state index in [2.05, 4.69) is 12.1 Å². The highest BCUT2D eigenvalue weighted by molar-refractivity contribution is 5.34. The number of ether oxygens (including phenoxy) is 1. The molecule has 106 valence electrons. The third-order valence-corrected chi connectivity index (χ3v) is 3.93. The number of fused-ring (bicyclic) bond motifs is 1. The summed E-state index contributed by atoms with van der Waals surface area (Å²) in [5.74, 6) is -0.321. The Morgan fingerprint density at radius 1 is 1.24 bits per heavy atom. The summed E-state index contributed by atoms with van der Waals surface area (Å²) in [6, 6.07) is 14.7. The summed E-state index contributed by atoms with van der Waals surface area (Å²) in [4.78, 5) is 0. The van der Waals surface area contributed by atoms with Gasteiger partial charge in [0.2, 0.25) is 0 Å². The first-order valence-electron chi connectivity index (χ1n) is 7.16. The van der Waals surface area contributed by atoms with E-state index >= 15 is 0 Å². The van der Waals surface area contributed by atoms with Gasteiger partial charge in [0.1, 0.15) is 5.82 Å². The lowest BCUT2D eigenvalue weighted by molar-refractivity contribution is 0.0268. The average Bonchev–Trinajstić information content (AvgIpc) is 2.54. The zero-order valence-electron chi connectivity index (χ0n) is 11.7. The van der Waals surface area contributed by atoms with Crippen molar-refractivity contribution >= 4 is 0 Å². The molecule has 2 aromatic carbocycles. The first kappa shape index (κ1) is 13.8. The zero-order valence-corrected chi connectivity index (χ0v) is 11.7. The quantitative estimate of drug-likeness (QED) is 0.840. The molecule has 0 saturated carbocycles. The fraction of sp³-hybridized carbons (Fsp3) is 0.278. The van der Waals surface area contributed by atoms with E-state index in [1.165, 1.54) is 23.3 Å². The molecule has 0 aromatic heterocycles. The Morgan fingerprint density at radius 3 is 2.95 bits per heavy atom. The molecule has 0 amide bonds. The van der Waals surface area contributed by atoms with Crippen LogP contribution in [0.3, 0.4) is 0 Å². The van der Waals surface area contributed by atoms with Crippen molar-refractivity contribution < 1.29 is 9.13 Å². The topological polar surface area (TPSA) is 33.0 Å². The van der Waals surface area contributed by atoms with Crippen molar-refractivity contribution in [2.75, 3.05) is 0 Å². The summed E-state index contributed by atoms with van der Waals surface area (Å²) in [5.41, 5.74) is 3.43. The fourth-order valence-electron chi connectivity index (χ4n) is 2.83. The van der Waals surface area contributed by atoms with Gasteiger partial charge in [0.05, 0.1) is 24.3 Å². The molecule has 3 heteroatoms. The predicted octanol–water partition coefficient (Wildman–Crippen LogP) is 4.29. The Morgan fingerprint density at radius 2 is 2.10 bits per heavy atom. The van der Waals surface area contributed by atoms with Crippen molar-refractivity contribution in [2.24, 2.45) is 0 Å². The predicted molar refractivity (Wildman–Crippen MR) is 78.0 cm³/mol. The van der Waals surface area contributed by atoms with Crippen LogP contribution in [0.5, 0.6) is 0 Å². The van der Waals surface area contributed by atoms with Crippen LogP contribution in [-0.2, 0) is 17.8 Å². The molecule has 1 aliphatic rings. The summed E-state index contributed by atoms with van der Waals surface area (Å²) in [5, 5.41) is 8.89. The summed E-state index contributed by atoms with van der Waals surface area (Å²) in [6.07, 6.45) is 3.13. The number of hydrogen-bond donors (Lipinski definition) is 0. The van der Waals surface area contributed by atoms with Gasteiger partial charge < -0.3 is 4.74 Å². The second-order valence-corrected chi connectivity index (χ2v) is 5.31. The van der Waals surface area contributed by atoms with Gasteiger partial charge in [-0.05, 0) is 48.6 Å². The lowest BCUT2D eigenvalue weighted by Gasteiger charge is -2.25. The van der Waals surface area contributed by atoms with Crippen LogP contribution in [0.15, 0.2) is 42.5 Å². The van der Waals surface area contributed by atoms with Crippen LogP contribution < -0.4 is 0 Å². The minimum atomic E-state index is -0.321. The van der Waals surface area contributed by atoms with E-state index < -0.39 is 0 Å². The fourth-order valence-corrected chi connectivity index (χ4v) is 2.83. The molecule has 3 rings (SSSR count). The number of nitriles is 1. The van der Waals surface area contributed by atoms with Gasteiger partial charge in [0, 0.05) is 5.56 Å². The summed E-state index contributed by atoms with van der Waals surface area (Å²) in [6.45, 7) is 0.195. The summed E-state index contributed by atoms with van der Waals surface area (Å²) >= 11 is 0. The standard InChI is InChI=1S/C18H16FNO/c19-17-9-8-13(11-20)10-15(17)12-21-18-7-3-5-14-4-1-2-6-16(14)18/h1-2,4,6,8-10,18H,3,5,7,12H2. The molecule has 1 aliphatic carbocycles. The van der Waals surface area contributed by atoms with Crippen LogP contribution in [0, 0.1) is 17.1 Å². The smallest absolute Gasteiger partial charge is 0.128 e. The van der Waals surface area contributed by atoms with Gasteiger partial charge in [-0.1, -0.05) is 24.3 Å². The van der Waals surface area contributed by atoms with Crippen LogP contribution >= 0.6 is 0 Å². The van der Waals surface area contributed by atoms with Crippen molar-refractivity contribution in [3.63, 3.8) is 0 Å². The highest BCUT2D eigenvalue weighted by Gasteiger charge is 2.20. The molecule has 0 aliphatic heterocycles. The number of hydrogen-bond acceptors (Lipinski definition) is 2. The highest BCUT2D eigenvalue weighted by Crippen LogP contribution is 2.33. The molecule has 0 bridgehead atoms. The van der Waals surface area contributed by atoms with E-state index in [4.69, 9.17) is 10.00 Å². The van der Waals surface area contributed by atoms with Gasteiger partial charge in [-0.15, -0.1) is 0 Å². The summed E-state index contributed by atoms with van der Waals surface area (Å²) in [7, 11) is 0. The van der Waals surface area contributed by atoms with Gasteiger partial charge in [0.25, 0.3) is 0 Å². The Kier molecular flexibility index (Phi) is 3.98. The van der Waals surface area contributed by atoms with Crippen molar-refractivity contribution in [1.82, 2.24) is 0 Å². The molecule has 0 fully saturated rings. The highest BCUT2D eigenvalue weighted by atomic mass is 19.1. The molecule has 0 saturated heterocycles. The SMILES string of the molecule is N#Cc1ccc(F)c(COC2CCCc3ccccc32)c1. The molecule has 0 spiro atoms. The van der Waals surface area contributed by atoms with E-state index in [9.17, 15) is 4.39 Å². The number of halogens is 1. The largest absolute Gasteiger partial charge is 0.369 e. The Balaban J connectivity index is 1.76. The molecule has 0 N–H and O–H groups in total. The van der Waals surface area contributed by atoms with Crippen molar-refractivity contribution in [3.05, 3.63) is 70.5 Å². The number of nitrogens with zero attached hydrogens (tertiary/aromatic N) is 1. The second kappa shape index (κ2) is 6.07. The molecule has 1 unspecified atom stereocenters. The van der Waals surface area contributed by atoms with E-state index in [-0.39, 0.29) is 18.5 Å². The third-order valence-electron chi connectivity index (χ3n) is 3.93. The maximum absolute atomic E-state index is 13.8. The first-order valence-corrected chi connectivity index (χ1v) is 7.16. The van der Waals surface area contributed by atoms with E-state index in [0.29, 0.717) is 11.1 Å². The van der Waals surface area contributed by atoms with Gasteiger partial charge in [-0.3, -0.25) is 0 Å². The van der Waals surface area contributed by atoms with Crippen LogP contribution in [0.1, 0.15) is 41.2 Å². The molecule has 0 heterocycles. The zero-order chi connectivity index (χ0) is 14.7. The minimum absolute atomic E-state index is 0.0140. The molecule has 21 heavy (non-hydrogen) atoms. The van der Waals surface area contributed by atoms with Crippen molar-refractivity contribution in [2.45, 2.75) is 32.0 Å².